The zero-order valence-electron chi connectivity index (χ0n) is 12.1. The van der Waals surface area contributed by atoms with Gasteiger partial charge in [-0.05, 0) is 25.5 Å². The Hall–Kier alpha value is -1.75. The minimum absolute atomic E-state index is 0.133. The van der Waals surface area contributed by atoms with E-state index in [-0.39, 0.29) is 6.04 Å². The van der Waals surface area contributed by atoms with Crippen LogP contribution >= 0.6 is 0 Å². The lowest BCUT2D eigenvalue weighted by Crippen LogP contribution is -2.40. The fourth-order valence-electron chi connectivity index (χ4n) is 1.74. The molecule has 106 valence electrons. The first-order chi connectivity index (χ1) is 9.06. The van der Waals surface area contributed by atoms with E-state index >= 15 is 0 Å². The molecule has 0 bridgehead atoms. The highest BCUT2D eigenvalue weighted by Gasteiger charge is 2.04. The third-order valence-electron chi connectivity index (χ3n) is 2.67. The number of aryl methyl sites for hydroxylation is 1. The van der Waals surface area contributed by atoms with Gasteiger partial charge in [0.05, 0.1) is 20.3 Å². The van der Waals surface area contributed by atoms with Gasteiger partial charge in [-0.15, -0.1) is 0 Å². The summed E-state index contributed by atoms with van der Waals surface area (Å²) in [5, 5.41) is 3.06. The molecule has 0 saturated heterocycles. The summed E-state index contributed by atoms with van der Waals surface area (Å²) in [5.74, 6) is 1.24. The first kappa shape index (κ1) is 15.3. The van der Waals surface area contributed by atoms with Crippen molar-refractivity contribution in [3.8, 4) is 5.75 Å². The summed E-state index contributed by atoms with van der Waals surface area (Å²) >= 11 is 0. The van der Waals surface area contributed by atoms with E-state index in [0.717, 1.165) is 16.9 Å². The zero-order valence-corrected chi connectivity index (χ0v) is 12.1. The summed E-state index contributed by atoms with van der Waals surface area (Å²) in [7, 11) is 3.31. The third kappa shape index (κ3) is 5.18. The Kier molecular flexibility index (Phi) is 6.15. The highest BCUT2D eigenvalue weighted by atomic mass is 16.5. The van der Waals surface area contributed by atoms with Crippen LogP contribution in [0.15, 0.2) is 23.2 Å². The van der Waals surface area contributed by atoms with Crippen LogP contribution in [0.5, 0.6) is 5.75 Å². The van der Waals surface area contributed by atoms with E-state index in [1.54, 1.807) is 14.2 Å². The average molecular weight is 265 g/mol. The molecule has 1 aromatic carbocycles. The van der Waals surface area contributed by atoms with Crippen molar-refractivity contribution in [3.05, 3.63) is 29.3 Å². The number of hydrogen-bond donors (Lipinski definition) is 2. The molecule has 3 N–H and O–H groups in total. The molecule has 0 fully saturated rings. The Bertz CT molecular complexity index is 433. The summed E-state index contributed by atoms with van der Waals surface area (Å²) in [4.78, 5) is 4.30. The predicted octanol–water partition coefficient (Wildman–Crippen LogP) is 1.44. The molecule has 0 spiro atoms. The van der Waals surface area contributed by atoms with Crippen molar-refractivity contribution in [3.63, 3.8) is 0 Å². The maximum Gasteiger partial charge on any atom is 0.189 e. The smallest absolute Gasteiger partial charge is 0.189 e. The van der Waals surface area contributed by atoms with Gasteiger partial charge in [-0.25, -0.2) is 4.99 Å². The van der Waals surface area contributed by atoms with E-state index in [1.165, 1.54) is 0 Å². The van der Waals surface area contributed by atoms with Crippen molar-refractivity contribution in [2.75, 3.05) is 20.8 Å². The Balaban J connectivity index is 2.64. The number of ether oxygens (including phenoxy) is 2. The zero-order chi connectivity index (χ0) is 14.3. The number of benzene rings is 1. The maximum atomic E-state index is 5.82. The second kappa shape index (κ2) is 7.63. The number of methoxy groups -OCH3 is 2. The predicted molar refractivity (Wildman–Crippen MR) is 77.5 cm³/mol. The Morgan fingerprint density at radius 2 is 2.16 bits per heavy atom. The van der Waals surface area contributed by atoms with Crippen LogP contribution in [0.4, 0.5) is 0 Å². The van der Waals surface area contributed by atoms with Crippen molar-refractivity contribution in [2.45, 2.75) is 26.4 Å². The van der Waals surface area contributed by atoms with Crippen LogP contribution in [0.1, 0.15) is 18.1 Å². The fraction of sp³-hybridized carbons (Fsp3) is 0.500. The van der Waals surface area contributed by atoms with E-state index in [4.69, 9.17) is 15.2 Å². The highest BCUT2D eigenvalue weighted by Crippen LogP contribution is 2.20. The molecule has 1 atom stereocenters. The van der Waals surface area contributed by atoms with Gasteiger partial charge in [0, 0.05) is 18.7 Å². The molecule has 0 saturated carbocycles. The van der Waals surface area contributed by atoms with Gasteiger partial charge in [-0.2, -0.15) is 0 Å². The van der Waals surface area contributed by atoms with Gasteiger partial charge in [0.15, 0.2) is 5.96 Å². The molecule has 0 aromatic heterocycles. The van der Waals surface area contributed by atoms with E-state index in [1.807, 2.05) is 32.0 Å². The third-order valence-corrected chi connectivity index (χ3v) is 2.67. The number of aliphatic imine (C=N–C) groups is 1. The van der Waals surface area contributed by atoms with Crippen LogP contribution in [0.2, 0.25) is 0 Å². The standard InChI is InChI=1S/C14H23N3O2/c1-10-5-6-12(13(7-10)19-4)8-16-14(15)17-11(2)9-18-3/h5-7,11H,8-9H2,1-4H3,(H3,15,16,17). The second-order valence-electron chi connectivity index (χ2n) is 4.52. The largest absolute Gasteiger partial charge is 0.496 e. The normalized spacial score (nSPS) is 13.2. The summed E-state index contributed by atoms with van der Waals surface area (Å²) in [6.45, 7) is 5.09. The van der Waals surface area contributed by atoms with Crippen LogP contribution in [-0.2, 0) is 11.3 Å². The van der Waals surface area contributed by atoms with Gasteiger partial charge >= 0.3 is 0 Å². The average Bonchev–Trinajstić information content (AvgIpc) is 2.37. The van der Waals surface area contributed by atoms with Crippen LogP contribution in [-0.4, -0.2) is 32.8 Å². The summed E-state index contributed by atoms with van der Waals surface area (Å²) < 4.78 is 10.4. The second-order valence-corrected chi connectivity index (χ2v) is 4.52. The SMILES string of the molecule is COCC(C)NC(N)=NCc1ccc(C)cc1OC. The first-order valence-corrected chi connectivity index (χ1v) is 6.25. The fourth-order valence-corrected chi connectivity index (χ4v) is 1.74. The molecule has 0 radical (unpaired) electrons. The summed E-state index contributed by atoms with van der Waals surface area (Å²) in [5.41, 5.74) is 7.98. The molecule has 1 unspecified atom stereocenters. The molecule has 0 aliphatic carbocycles. The Morgan fingerprint density at radius 3 is 2.79 bits per heavy atom. The summed E-state index contributed by atoms with van der Waals surface area (Å²) in [6, 6.07) is 6.16. The lowest BCUT2D eigenvalue weighted by Gasteiger charge is -2.13. The number of nitrogens with zero attached hydrogens (tertiary/aromatic N) is 1. The van der Waals surface area contributed by atoms with Gasteiger partial charge in [-0.3, -0.25) is 0 Å². The van der Waals surface area contributed by atoms with Crippen molar-refractivity contribution in [2.24, 2.45) is 10.7 Å². The van der Waals surface area contributed by atoms with Gasteiger partial charge < -0.3 is 20.5 Å². The monoisotopic (exact) mass is 265 g/mol. The molecule has 0 aliphatic rings. The van der Waals surface area contributed by atoms with Gasteiger partial charge in [0.25, 0.3) is 0 Å². The quantitative estimate of drug-likeness (QED) is 0.603. The molecule has 5 heteroatoms. The van der Waals surface area contributed by atoms with E-state index in [2.05, 4.69) is 10.3 Å². The van der Waals surface area contributed by atoms with Gasteiger partial charge in [0.2, 0.25) is 0 Å². The molecule has 0 heterocycles. The number of rotatable bonds is 6. The van der Waals surface area contributed by atoms with Crippen LogP contribution in [0.25, 0.3) is 0 Å². The molecular weight excluding hydrogens is 242 g/mol. The molecular formula is C14H23N3O2. The molecule has 0 amide bonds. The number of guanidine groups is 1. The van der Waals surface area contributed by atoms with Gasteiger partial charge in [-0.1, -0.05) is 12.1 Å². The molecule has 5 nitrogen and oxygen atoms in total. The van der Waals surface area contributed by atoms with Gasteiger partial charge in [0.1, 0.15) is 5.75 Å². The van der Waals surface area contributed by atoms with E-state index in [0.29, 0.717) is 19.1 Å². The molecule has 0 aliphatic heterocycles. The number of nitrogens with one attached hydrogen (secondary N) is 1. The van der Waals surface area contributed by atoms with Crippen LogP contribution in [0, 0.1) is 6.92 Å². The van der Waals surface area contributed by atoms with Crippen LogP contribution < -0.4 is 15.8 Å². The molecule has 19 heavy (non-hydrogen) atoms. The van der Waals surface area contributed by atoms with Crippen LogP contribution in [0.3, 0.4) is 0 Å². The molecule has 1 aromatic rings. The van der Waals surface area contributed by atoms with Crippen molar-refractivity contribution in [1.29, 1.82) is 0 Å². The van der Waals surface area contributed by atoms with Crippen molar-refractivity contribution < 1.29 is 9.47 Å². The minimum Gasteiger partial charge on any atom is -0.496 e. The van der Waals surface area contributed by atoms with Crippen molar-refractivity contribution in [1.82, 2.24) is 5.32 Å². The number of nitrogens with two attached hydrogens (primary N) is 1. The van der Waals surface area contributed by atoms with Crippen molar-refractivity contribution >= 4 is 5.96 Å². The van der Waals surface area contributed by atoms with E-state index in [9.17, 15) is 0 Å². The number of hydrogen-bond acceptors (Lipinski definition) is 3. The lowest BCUT2D eigenvalue weighted by molar-refractivity contribution is 0.179. The Labute approximate surface area is 114 Å². The van der Waals surface area contributed by atoms with E-state index < -0.39 is 0 Å². The summed E-state index contributed by atoms with van der Waals surface area (Å²) in [6.07, 6.45) is 0. The highest BCUT2D eigenvalue weighted by molar-refractivity contribution is 5.78. The topological polar surface area (TPSA) is 68.9 Å². The lowest BCUT2D eigenvalue weighted by atomic mass is 10.1. The molecule has 1 rings (SSSR count). The maximum absolute atomic E-state index is 5.82. The Morgan fingerprint density at radius 1 is 1.42 bits per heavy atom. The minimum atomic E-state index is 0.133. The first-order valence-electron chi connectivity index (χ1n) is 6.25.